The van der Waals surface area contributed by atoms with Gasteiger partial charge < -0.3 is 10.0 Å². The number of ketones is 1. The molecule has 1 saturated heterocycles. The standard InChI is InChI=1S/C16H25NO4/c1-4-16(2,3)14(20)15(21)17-11-7-9-12(17)8-5-6-10-13(18)19/h5-6,12H,4,7-11H2,1-3H3,(H,18,19)/t12-/m1/s1. The third-order valence-electron chi connectivity index (χ3n) is 4.20. The van der Waals surface area contributed by atoms with Gasteiger partial charge in [-0.3, -0.25) is 14.4 Å². The number of Topliss-reactive ketones (excluding diaryl/α,β-unsaturated/α-hetero) is 1. The molecule has 5 heteroatoms. The van der Waals surface area contributed by atoms with Crippen molar-refractivity contribution in [2.45, 2.75) is 58.9 Å². The van der Waals surface area contributed by atoms with E-state index in [0.29, 0.717) is 19.4 Å². The molecule has 0 aromatic carbocycles. The Morgan fingerprint density at radius 2 is 1.95 bits per heavy atom. The van der Waals surface area contributed by atoms with Crippen LogP contribution in [-0.2, 0) is 14.4 Å². The number of aliphatic carboxylic acids is 1. The maximum atomic E-state index is 12.4. The second-order valence-corrected chi connectivity index (χ2v) is 6.17. The minimum absolute atomic E-state index is 0.0114. The first kappa shape index (κ1) is 17.4. The summed E-state index contributed by atoms with van der Waals surface area (Å²) in [6.07, 6.45) is 6.38. The number of hydrogen-bond donors (Lipinski definition) is 1. The molecule has 0 spiro atoms. The van der Waals surface area contributed by atoms with Crippen molar-refractivity contribution in [1.82, 2.24) is 4.90 Å². The van der Waals surface area contributed by atoms with Crippen molar-refractivity contribution in [3.8, 4) is 0 Å². The van der Waals surface area contributed by atoms with E-state index in [0.717, 1.165) is 12.8 Å². The van der Waals surface area contributed by atoms with Gasteiger partial charge in [0.1, 0.15) is 0 Å². The van der Waals surface area contributed by atoms with Crippen LogP contribution in [-0.4, -0.2) is 40.3 Å². The Morgan fingerprint density at radius 1 is 1.29 bits per heavy atom. The number of carbonyl (C=O) groups is 3. The molecule has 0 unspecified atom stereocenters. The van der Waals surface area contributed by atoms with Gasteiger partial charge in [0.15, 0.2) is 0 Å². The Morgan fingerprint density at radius 3 is 2.52 bits per heavy atom. The van der Waals surface area contributed by atoms with Gasteiger partial charge in [0.25, 0.3) is 5.91 Å². The molecule has 1 atom stereocenters. The molecular formula is C16H25NO4. The first-order valence-corrected chi connectivity index (χ1v) is 7.51. The third-order valence-corrected chi connectivity index (χ3v) is 4.20. The topological polar surface area (TPSA) is 74.7 Å². The minimum Gasteiger partial charge on any atom is -0.481 e. The highest BCUT2D eigenvalue weighted by molar-refractivity contribution is 6.38. The lowest BCUT2D eigenvalue weighted by Gasteiger charge is -2.27. The molecule has 1 N–H and O–H groups in total. The van der Waals surface area contributed by atoms with Gasteiger partial charge >= 0.3 is 5.97 Å². The molecule has 1 heterocycles. The number of carboxylic acids is 1. The second kappa shape index (κ2) is 7.38. The zero-order valence-electron chi connectivity index (χ0n) is 13.1. The maximum absolute atomic E-state index is 12.4. The van der Waals surface area contributed by atoms with Crippen molar-refractivity contribution in [3.63, 3.8) is 0 Å². The Labute approximate surface area is 126 Å². The average molecular weight is 295 g/mol. The zero-order chi connectivity index (χ0) is 16.0. The highest BCUT2D eigenvalue weighted by Gasteiger charge is 2.38. The van der Waals surface area contributed by atoms with E-state index >= 15 is 0 Å². The van der Waals surface area contributed by atoms with Crippen LogP contribution in [0.5, 0.6) is 0 Å². The number of carbonyl (C=O) groups excluding carboxylic acids is 2. The largest absolute Gasteiger partial charge is 0.481 e. The van der Waals surface area contributed by atoms with Gasteiger partial charge in [-0.05, 0) is 25.7 Å². The van der Waals surface area contributed by atoms with E-state index in [2.05, 4.69) is 0 Å². The van der Waals surface area contributed by atoms with Crippen LogP contribution in [0.15, 0.2) is 12.2 Å². The number of amides is 1. The summed E-state index contributed by atoms with van der Waals surface area (Å²) >= 11 is 0. The van der Waals surface area contributed by atoms with Crippen molar-refractivity contribution < 1.29 is 19.5 Å². The molecule has 0 aromatic rings. The van der Waals surface area contributed by atoms with Crippen molar-refractivity contribution in [2.75, 3.05) is 6.54 Å². The summed E-state index contributed by atoms with van der Waals surface area (Å²) in [5.41, 5.74) is -0.622. The van der Waals surface area contributed by atoms with Gasteiger partial charge in [-0.1, -0.05) is 32.9 Å². The van der Waals surface area contributed by atoms with Gasteiger partial charge in [0.2, 0.25) is 5.78 Å². The van der Waals surface area contributed by atoms with Gasteiger partial charge in [-0.25, -0.2) is 0 Å². The highest BCUT2D eigenvalue weighted by Crippen LogP contribution is 2.26. The molecule has 0 saturated carbocycles. The fraction of sp³-hybridized carbons (Fsp3) is 0.688. The molecule has 1 aliphatic rings. The summed E-state index contributed by atoms with van der Waals surface area (Å²) in [7, 11) is 0. The van der Waals surface area contributed by atoms with Crippen LogP contribution in [0, 0.1) is 5.41 Å². The van der Waals surface area contributed by atoms with Crippen LogP contribution < -0.4 is 0 Å². The monoisotopic (exact) mass is 295 g/mol. The maximum Gasteiger partial charge on any atom is 0.307 e. The summed E-state index contributed by atoms with van der Waals surface area (Å²) in [5.74, 6) is -1.59. The normalized spacial score (nSPS) is 19.2. The minimum atomic E-state index is -0.870. The molecule has 1 aliphatic heterocycles. The summed E-state index contributed by atoms with van der Waals surface area (Å²) in [5, 5.41) is 8.57. The van der Waals surface area contributed by atoms with E-state index in [-0.39, 0.29) is 18.2 Å². The first-order valence-electron chi connectivity index (χ1n) is 7.51. The van der Waals surface area contributed by atoms with Crippen LogP contribution >= 0.6 is 0 Å². The molecule has 21 heavy (non-hydrogen) atoms. The molecule has 118 valence electrons. The van der Waals surface area contributed by atoms with Crippen molar-refractivity contribution >= 4 is 17.7 Å². The first-order chi connectivity index (χ1) is 9.79. The van der Waals surface area contributed by atoms with Crippen LogP contribution in [0.2, 0.25) is 0 Å². The summed E-state index contributed by atoms with van der Waals surface area (Å²) in [4.78, 5) is 36.7. The van der Waals surface area contributed by atoms with Gasteiger partial charge in [0.05, 0.1) is 6.42 Å². The number of hydrogen-bond acceptors (Lipinski definition) is 3. The molecule has 1 amide bonds. The fourth-order valence-corrected chi connectivity index (χ4v) is 2.37. The molecular weight excluding hydrogens is 270 g/mol. The van der Waals surface area contributed by atoms with Crippen molar-refractivity contribution in [2.24, 2.45) is 5.41 Å². The van der Waals surface area contributed by atoms with Gasteiger partial charge in [-0.15, -0.1) is 0 Å². The third kappa shape index (κ3) is 4.69. The Kier molecular flexibility index (Phi) is 6.12. The molecule has 0 bridgehead atoms. The molecule has 1 fully saturated rings. The van der Waals surface area contributed by atoms with Gasteiger partial charge in [-0.2, -0.15) is 0 Å². The number of nitrogens with zero attached hydrogens (tertiary/aromatic N) is 1. The summed E-state index contributed by atoms with van der Waals surface area (Å²) in [6.45, 7) is 6.11. The Hall–Kier alpha value is -1.65. The van der Waals surface area contributed by atoms with Crippen LogP contribution in [0.4, 0.5) is 0 Å². The lowest BCUT2D eigenvalue weighted by molar-refractivity contribution is -0.149. The Bertz CT molecular complexity index is 440. The van der Waals surface area contributed by atoms with E-state index in [1.807, 2.05) is 6.92 Å². The van der Waals surface area contributed by atoms with Crippen molar-refractivity contribution in [3.05, 3.63) is 12.2 Å². The molecule has 0 aromatic heterocycles. The predicted molar refractivity (Wildman–Crippen MR) is 79.8 cm³/mol. The number of rotatable bonds is 7. The fourth-order valence-electron chi connectivity index (χ4n) is 2.37. The average Bonchev–Trinajstić information content (AvgIpc) is 2.90. The highest BCUT2D eigenvalue weighted by atomic mass is 16.4. The molecule has 5 nitrogen and oxygen atoms in total. The van der Waals surface area contributed by atoms with Gasteiger partial charge in [0, 0.05) is 18.0 Å². The number of carboxylic acid groups (broad SMARTS) is 1. The van der Waals surface area contributed by atoms with E-state index in [9.17, 15) is 14.4 Å². The molecule has 0 radical (unpaired) electrons. The Balaban J connectivity index is 2.64. The van der Waals surface area contributed by atoms with Crippen LogP contribution in [0.25, 0.3) is 0 Å². The van der Waals surface area contributed by atoms with E-state index in [1.165, 1.54) is 0 Å². The second-order valence-electron chi connectivity index (χ2n) is 6.17. The molecule has 0 aliphatic carbocycles. The summed E-state index contributed by atoms with van der Waals surface area (Å²) < 4.78 is 0. The van der Waals surface area contributed by atoms with Crippen LogP contribution in [0.1, 0.15) is 52.9 Å². The van der Waals surface area contributed by atoms with E-state index in [4.69, 9.17) is 5.11 Å². The summed E-state index contributed by atoms with van der Waals surface area (Å²) in [6, 6.07) is 0.0131. The van der Waals surface area contributed by atoms with Crippen LogP contribution in [0.3, 0.4) is 0 Å². The lowest BCUT2D eigenvalue weighted by atomic mass is 9.84. The number of likely N-dealkylation sites (tertiary alicyclic amines) is 1. The lowest BCUT2D eigenvalue weighted by Crippen LogP contribution is -2.44. The van der Waals surface area contributed by atoms with Crippen molar-refractivity contribution in [1.29, 1.82) is 0 Å². The van der Waals surface area contributed by atoms with E-state index in [1.54, 1.807) is 30.9 Å². The smallest absolute Gasteiger partial charge is 0.307 e. The SMILES string of the molecule is CCC(C)(C)C(=O)C(=O)N1CCC[C@H]1CC=CCC(=O)O. The van der Waals surface area contributed by atoms with E-state index < -0.39 is 17.3 Å². The zero-order valence-corrected chi connectivity index (χ0v) is 13.1. The quantitative estimate of drug-likeness (QED) is 0.578. The predicted octanol–water partition coefficient (Wildman–Crippen LogP) is 2.40. The molecule has 1 rings (SSSR count).